The van der Waals surface area contributed by atoms with Crippen LogP contribution in [0.25, 0.3) is 0 Å². The van der Waals surface area contributed by atoms with Crippen LogP contribution in [0, 0.1) is 41.5 Å². The Bertz CT molecular complexity index is 4330. The molecule has 18 heterocycles. The van der Waals surface area contributed by atoms with Gasteiger partial charge in [0.05, 0.1) is 40.8 Å². The molecule has 33 heteroatoms. The van der Waals surface area contributed by atoms with E-state index in [0.717, 1.165) is 132 Å². The van der Waals surface area contributed by atoms with Crippen LogP contribution in [0.4, 0.5) is 104 Å². The third kappa shape index (κ3) is 27.5. The van der Waals surface area contributed by atoms with Crippen LogP contribution in [-0.2, 0) is 0 Å². The molecule has 33 nitrogen and oxygen atoms in total. The molecular weight excluding hydrogens is 1650 g/mol. The molecule has 720 valence electrons. The standard InChI is InChI=1S/3C13H15N5.3C12H14N6.12C2H6/c1-9-8-14-5-4-11(9)18-10(2)17(3)12-13(18)16-7-6-15-12;1-9-4-5-14-8-11(9)18-10(2)17(3)12-13(18)16-7-6-15-12;1-9-5-4-6-14-11(9)18-10(2)17(3)12-13(18)16-8-7-15-12;1-8-10(6-13-7-16-8)18-9(2)17(3)11-12(18)15-5-4-14-11;1-8-6-13-7-16-10(8)18-9(2)17(3)11-12(18)15-5-4-14-11;1-8-10(14-5-4-13-8)18-9(2)17(3)11-12(18)16-7-6-15-11;12*1-2/h3*4-8,10H,1-3H3;3*4-7,9H,1-3H3;12*1-2H3. The van der Waals surface area contributed by atoms with Crippen LogP contribution in [0.2, 0.25) is 0 Å². The summed E-state index contributed by atoms with van der Waals surface area (Å²) < 4.78 is 0. The molecule has 0 bridgehead atoms. The molecular formula is C99H159N33. The quantitative estimate of drug-likeness (QED) is 0.149. The second kappa shape index (κ2) is 62.1. The monoisotopic (exact) mass is 1810 g/mol. The minimum absolute atomic E-state index is 0.123. The lowest BCUT2D eigenvalue weighted by atomic mass is 10.2. The van der Waals surface area contributed by atoms with Crippen LogP contribution in [0.1, 0.15) is 241 Å². The Labute approximate surface area is 792 Å². The Morgan fingerprint density at radius 2 is 0.432 bits per heavy atom. The van der Waals surface area contributed by atoms with Crippen molar-refractivity contribution in [2.75, 3.05) is 101 Å². The predicted molar refractivity (Wildman–Crippen MR) is 556 cm³/mol. The average Bonchev–Trinajstić information content (AvgIpc) is 1.66. The number of rotatable bonds is 6. The van der Waals surface area contributed by atoms with Gasteiger partial charge in [-0.3, -0.25) is 34.6 Å². The fourth-order valence-corrected chi connectivity index (χ4v) is 13.5. The molecule has 12 aromatic rings. The Balaban J connectivity index is 0.000000756. The van der Waals surface area contributed by atoms with Gasteiger partial charge in [-0.05, 0) is 118 Å². The van der Waals surface area contributed by atoms with Crippen LogP contribution in [0.15, 0.2) is 167 Å². The summed E-state index contributed by atoms with van der Waals surface area (Å²) in [5, 5.41) is 0. The summed E-state index contributed by atoms with van der Waals surface area (Å²) in [5.41, 5.74) is 9.48. The highest BCUT2D eigenvalue weighted by Crippen LogP contribution is 2.46. The van der Waals surface area contributed by atoms with E-state index >= 15 is 0 Å². The molecule has 0 fully saturated rings. The maximum atomic E-state index is 4.48. The van der Waals surface area contributed by atoms with Gasteiger partial charge < -0.3 is 39.2 Å². The van der Waals surface area contributed by atoms with Gasteiger partial charge in [-0.1, -0.05) is 172 Å². The largest absolute Gasteiger partial charge is 0.336 e. The lowest BCUT2D eigenvalue weighted by Gasteiger charge is -2.27. The molecule has 132 heavy (non-hydrogen) atoms. The molecule has 0 radical (unpaired) electrons. The highest BCUT2D eigenvalue weighted by atomic mass is 15.5. The molecule has 18 rings (SSSR count). The van der Waals surface area contributed by atoms with Crippen LogP contribution >= 0.6 is 0 Å². The van der Waals surface area contributed by atoms with Gasteiger partial charge in [-0.25, -0.2) is 89.7 Å². The fraction of sp³-hybridized carbons (Fsp3) is 0.485. The first kappa shape index (κ1) is 117. The Morgan fingerprint density at radius 1 is 0.182 bits per heavy atom. The van der Waals surface area contributed by atoms with Gasteiger partial charge in [-0.2, -0.15) is 0 Å². The molecule has 12 aromatic heterocycles. The Morgan fingerprint density at radius 3 is 0.758 bits per heavy atom. The summed E-state index contributed by atoms with van der Waals surface area (Å²) in [6.07, 6.45) is 40.8. The van der Waals surface area contributed by atoms with E-state index in [1.165, 1.54) is 5.56 Å². The van der Waals surface area contributed by atoms with Crippen molar-refractivity contribution in [3.8, 4) is 0 Å². The fourth-order valence-electron chi connectivity index (χ4n) is 13.5. The summed E-state index contributed by atoms with van der Waals surface area (Å²) in [6.45, 7) is 72.8. The predicted octanol–water partition coefficient (Wildman–Crippen LogP) is 23.2. The van der Waals surface area contributed by atoms with Crippen molar-refractivity contribution < 1.29 is 0 Å². The second-order valence-electron chi connectivity index (χ2n) is 26.4. The molecule has 0 saturated carbocycles. The van der Waals surface area contributed by atoms with Gasteiger partial charge in [0.2, 0.25) is 0 Å². The van der Waals surface area contributed by atoms with Crippen LogP contribution in [0.3, 0.4) is 0 Å². The highest BCUT2D eigenvalue weighted by Gasteiger charge is 2.41. The molecule has 6 aliphatic heterocycles. The normalized spacial score (nSPS) is 15.3. The lowest BCUT2D eigenvalue weighted by molar-refractivity contribution is 0.716. The van der Waals surface area contributed by atoms with Crippen molar-refractivity contribution in [2.45, 2.75) is 286 Å². The summed E-state index contributed by atoms with van der Waals surface area (Å²) in [4.78, 5) is 117. The van der Waals surface area contributed by atoms with E-state index in [1.54, 1.807) is 106 Å². The van der Waals surface area contributed by atoms with E-state index in [-0.39, 0.29) is 37.0 Å². The maximum Gasteiger partial charge on any atom is 0.179 e. The zero-order valence-electron chi connectivity index (χ0n) is 87.8. The summed E-state index contributed by atoms with van der Waals surface area (Å²) >= 11 is 0. The number of aromatic nitrogens is 21. The minimum atomic E-state index is 0.123. The van der Waals surface area contributed by atoms with Gasteiger partial charge >= 0.3 is 0 Å². The number of anilines is 18. The first-order valence-corrected chi connectivity index (χ1v) is 47.2. The SMILES string of the molecule is CC.CC.CC.CC.CC.CC.CC.CC.CC.CC.CC.CC.Cc1cccnc1N1c2nccnc2N(C)C1C.Cc1ccncc1N1c2nccnc2N(C)C1C.Cc1cnccc1N1c2nccnc2N(C)C1C.Cc1cncnc1N1c2nccnc2N(C)C1C.Cc1nccnc1N1c2nccnc2N(C)C1C.Cc1ncncc1N1c2nccnc2N(C)C1C. The molecule has 6 atom stereocenters. The van der Waals surface area contributed by atoms with E-state index in [0.29, 0.717) is 0 Å². The van der Waals surface area contributed by atoms with E-state index in [4.69, 9.17) is 0 Å². The number of pyridine rings is 3. The van der Waals surface area contributed by atoms with Gasteiger partial charge in [0, 0.05) is 166 Å². The summed E-state index contributed by atoms with van der Waals surface area (Å²) in [7, 11) is 12.1. The summed E-state index contributed by atoms with van der Waals surface area (Å²) in [5.74, 6) is 13.2. The zero-order chi connectivity index (χ0) is 100. The molecule has 0 amide bonds. The number of aryl methyl sites for hydroxylation is 6. The van der Waals surface area contributed by atoms with Gasteiger partial charge in [0.15, 0.2) is 75.6 Å². The molecule has 0 aromatic carbocycles. The lowest BCUT2D eigenvalue weighted by Crippen LogP contribution is -2.36. The molecule has 0 N–H and O–H groups in total. The van der Waals surface area contributed by atoms with Crippen LogP contribution in [-0.4, -0.2) is 184 Å². The Kier molecular flexibility index (Phi) is 55.0. The van der Waals surface area contributed by atoms with Crippen molar-refractivity contribution in [3.63, 3.8) is 0 Å². The third-order valence-corrected chi connectivity index (χ3v) is 20.0. The minimum Gasteiger partial charge on any atom is -0.336 e. The third-order valence-electron chi connectivity index (χ3n) is 20.0. The molecule has 6 unspecified atom stereocenters. The number of nitrogens with zero attached hydrogens (tertiary/aromatic N) is 33. The maximum absolute atomic E-state index is 4.48. The average molecular weight is 1810 g/mol. The smallest absolute Gasteiger partial charge is 0.179 e. The molecule has 6 aliphatic rings. The van der Waals surface area contributed by atoms with E-state index in [2.05, 4.69) is 232 Å². The summed E-state index contributed by atoms with van der Waals surface area (Å²) in [6, 6.07) is 8.03. The Hall–Kier alpha value is -13.2. The van der Waals surface area contributed by atoms with Crippen molar-refractivity contribution in [1.82, 2.24) is 105 Å². The first-order valence-electron chi connectivity index (χ1n) is 47.2. The van der Waals surface area contributed by atoms with Gasteiger partial charge in [0.25, 0.3) is 0 Å². The van der Waals surface area contributed by atoms with E-state index in [9.17, 15) is 0 Å². The number of hydrogen-bond donors (Lipinski definition) is 0. The second-order valence-corrected chi connectivity index (χ2v) is 26.4. The van der Waals surface area contributed by atoms with Crippen LogP contribution in [0.5, 0.6) is 0 Å². The van der Waals surface area contributed by atoms with E-state index < -0.39 is 0 Å². The number of hydrogen-bond acceptors (Lipinski definition) is 33. The van der Waals surface area contributed by atoms with Gasteiger partial charge in [-0.15, -0.1) is 0 Å². The van der Waals surface area contributed by atoms with Crippen LogP contribution < -0.4 is 58.8 Å². The topological polar surface area (TPSA) is 310 Å². The first-order chi connectivity index (χ1) is 64.2. The molecule has 0 saturated heterocycles. The molecule has 0 spiro atoms. The van der Waals surface area contributed by atoms with Crippen molar-refractivity contribution >= 4 is 104 Å². The number of fused-ring (bicyclic) bond motifs is 6. The van der Waals surface area contributed by atoms with E-state index in [1.807, 2.05) is 285 Å². The highest BCUT2D eigenvalue weighted by molar-refractivity contribution is 5.83. The zero-order valence-corrected chi connectivity index (χ0v) is 87.8. The van der Waals surface area contributed by atoms with Crippen molar-refractivity contribution in [1.29, 1.82) is 0 Å². The van der Waals surface area contributed by atoms with Crippen molar-refractivity contribution in [3.05, 3.63) is 201 Å². The van der Waals surface area contributed by atoms with Crippen molar-refractivity contribution in [2.24, 2.45) is 0 Å². The molecule has 0 aliphatic carbocycles. The van der Waals surface area contributed by atoms with Gasteiger partial charge in [0.1, 0.15) is 61.3 Å².